The van der Waals surface area contributed by atoms with Crippen LogP contribution in [0.3, 0.4) is 0 Å². The van der Waals surface area contributed by atoms with Crippen LogP contribution in [0, 0.1) is 12.7 Å². The molecule has 0 spiro atoms. The van der Waals surface area contributed by atoms with Crippen LogP contribution in [0.25, 0.3) is 5.69 Å². The van der Waals surface area contributed by atoms with Crippen LogP contribution in [0.2, 0.25) is 0 Å². The van der Waals surface area contributed by atoms with E-state index >= 15 is 0 Å². The molecule has 0 fully saturated rings. The molecule has 1 N–H and O–H groups in total. The lowest BCUT2D eigenvalue weighted by Gasteiger charge is -2.35. The maximum Gasteiger partial charge on any atom is 0.259 e. The summed E-state index contributed by atoms with van der Waals surface area (Å²) in [4.78, 5) is 23.0. The molecule has 1 atom stereocenters. The smallest absolute Gasteiger partial charge is 0.259 e. The van der Waals surface area contributed by atoms with Crippen LogP contribution in [0.4, 0.5) is 10.3 Å². The SMILES string of the molecule is COc1cc(Cc2cnc3n(c2=O)C(CO)(c2ccc(F)cc2)CCCN3I)ccc1-n1cnc(C)c1. The van der Waals surface area contributed by atoms with Crippen LogP contribution >= 0.6 is 22.9 Å². The highest BCUT2D eigenvalue weighted by Crippen LogP contribution is 2.37. The highest BCUT2D eigenvalue weighted by molar-refractivity contribution is 14.1. The van der Waals surface area contributed by atoms with Gasteiger partial charge >= 0.3 is 0 Å². The van der Waals surface area contributed by atoms with Crippen LogP contribution in [-0.4, -0.2) is 44.5 Å². The Bertz CT molecular complexity index is 1490. The topological polar surface area (TPSA) is 85.4 Å². The Morgan fingerprint density at radius 2 is 1.97 bits per heavy atom. The molecule has 4 aromatic rings. The molecule has 192 valence electrons. The normalized spacial score (nSPS) is 17.4. The van der Waals surface area contributed by atoms with Gasteiger partial charge in [-0.2, -0.15) is 0 Å². The number of anilines is 1. The first-order valence-corrected chi connectivity index (χ1v) is 12.9. The van der Waals surface area contributed by atoms with Gasteiger partial charge in [-0.1, -0.05) is 18.2 Å². The number of benzene rings is 2. The summed E-state index contributed by atoms with van der Waals surface area (Å²) in [7, 11) is 1.61. The van der Waals surface area contributed by atoms with Gasteiger partial charge in [0.2, 0.25) is 5.95 Å². The van der Waals surface area contributed by atoms with Crippen molar-refractivity contribution in [2.24, 2.45) is 0 Å². The number of fused-ring (bicyclic) bond motifs is 1. The minimum absolute atomic E-state index is 0.236. The van der Waals surface area contributed by atoms with Crippen molar-refractivity contribution in [1.82, 2.24) is 19.1 Å². The Hall–Kier alpha value is -3.25. The number of hydrogen-bond acceptors (Lipinski definition) is 6. The van der Waals surface area contributed by atoms with Crippen molar-refractivity contribution < 1.29 is 14.2 Å². The molecule has 5 rings (SSSR count). The molecule has 8 nitrogen and oxygen atoms in total. The molecule has 0 saturated carbocycles. The fourth-order valence-corrected chi connectivity index (χ4v) is 5.66. The Balaban J connectivity index is 1.60. The van der Waals surface area contributed by atoms with Crippen LogP contribution < -0.4 is 13.4 Å². The molecule has 0 saturated heterocycles. The van der Waals surface area contributed by atoms with Gasteiger partial charge in [0.05, 0.1) is 59.8 Å². The van der Waals surface area contributed by atoms with Gasteiger partial charge in [0.1, 0.15) is 11.6 Å². The molecule has 0 aliphatic carbocycles. The van der Waals surface area contributed by atoms with Crippen LogP contribution in [0.1, 0.15) is 35.2 Å². The van der Waals surface area contributed by atoms with Crippen molar-refractivity contribution in [1.29, 1.82) is 0 Å². The molecule has 1 aliphatic rings. The van der Waals surface area contributed by atoms with Crippen molar-refractivity contribution >= 4 is 28.8 Å². The van der Waals surface area contributed by atoms with Crippen LogP contribution in [-0.2, 0) is 12.0 Å². The van der Waals surface area contributed by atoms with Gasteiger partial charge in [-0.3, -0.25) is 12.5 Å². The number of imidazole rings is 1. The van der Waals surface area contributed by atoms with E-state index in [9.17, 15) is 14.3 Å². The van der Waals surface area contributed by atoms with Gasteiger partial charge < -0.3 is 14.4 Å². The summed E-state index contributed by atoms with van der Waals surface area (Å²) in [6.45, 7) is 2.28. The Kier molecular flexibility index (Phi) is 7.04. The van der Waals surface area contributed by atoms with Gasteiger partial charge in [0, 0.05) is 30.9 Å². The molecule has 1 aliphatic heterocycles. The van der Waals surface area contributed by atoms with E-state index in [1.165, 1.54) is 12.1 Å². The van der Waals surface area contributed by atoms with Crippen molar-refractivity contribution in [2.75, 3.05) is 23.4 Å². The summed E-state index contributed by atoms with van der Waals surface area (Å²) in [5.74, 6) is 0.754. The summed E-state index contributed by atoms with van der Waals surface area (Å²) in [5.41, 5.74) is 2.50. The van der Waals surface area contributed by atoms with Gasteiger partial charge in [-0.05, 0) is 55.2 Å². The predicted octanol–water partition coefficient (Wildman–Crippen LogP) is 4.16. The molecule has 2 aromatic heterocycles. The summed E-state index contributed by atoms with van der Waals surface area (Å²) < 4.78 is 24.8. The maximum atomic E-state index is 14.0. The Morgan fingerprint density at radius 3 is 2.65 bits per heavy atom. The maximum absolute atomic E-state index is 14.0. The third kappa shape index (κ3) is 4.63. The van der Waals surface area contributed by atoms with Gasteiger partial charge in [0.25, 0.3) is 5.56 Å². The third-order valence-electron chi connectivity index (χ3n) is 6.88. The summed E-state index contributed by atoms with van der Waals surface area (Å²) in [6, 6.07) is 11.8. The molecule has 0 bridgehead atoms. The lowest BCUT2D eigenvalue weighted by Crippen LogP contribution is -2.46. The number of aromatic nitrogens is 4. The zero-order valence-corrected chi connectivity index (χ0v) is 22.7. The third-order valence-corrected chi connectivity index (χ3v) is 7.79. The van der Waals surface area contributed by atoms with Gasteiger partial charge in [-0.15, -0.1) is 0 Å². The molecular weight excluding hydrogens is 588 g/mol. The second-order valence-electron chi connectivity index (χ2n) is 9.22. The molecule has 10 heteroatoms. The van der Waals surface area contributed by atoms with Crippen molar-refractivity contribution in [3.8, 4) is 11.4 Å². The van der Waals surface area contributed by atoms with Crippen molar-refractivity contribution in [2.45, 2.75) is 31.7 Å². The molecule has 3 heterocycles. The molecule has 1 unspecified atom stereocenters. The van der Waals surface area contributed by atoms with E-state index in [2.05, 4.69) is 32.8 Å². The number of nitrogens with zero attached hydrogens (tertiary/aromatic N) is 5. The monoisotopic (exact) mass is 615 g/mol. The molecule has 0 radical (unpaired) electrons. The number of aliphatic hydroxyl groups is 1. The average Bonchev–Trinajstić information content (AvgIpc) is 3.27. The van der Waals surface area contributed by atoms with E-state index in [1.807, 2.05) is 39.0 Å². The van der Waals surface area contributed by atoms with E-state index < -0.39 is 5.54 Å². The van der Waals surface area contributed by atoms with Crippen LogP contribution in [0.15, 0.2) is 66.0 Å². The summed E-state index contributed by atoms with van der Waals surface area (Å²) in [5, 5.41) is 10.7. The van der Waals surface area contributed by atoms with E-state index in [0.717, 1.165) is 23.4 Å². The van der Waals surface area contributed by atoms with Crippen LogP contribution in [0.5, 0.6) is 5.75 Å². The second kappa shape index (κ2) is 10.3. The summed E-state index contributed by atoms with van der Waals surface area (Å²) >= 11 is 2.15. The first kappa shape index (κ1) is 25.4. The van der Waals surface area contributed by atoms with E-state index in [1.54, 1.807) is 36.3 Å². The fraction of sp³-hybridized carbons (Fsp3) is 0.296. The van der Waals surface area contributed by atoms with E-state index in [0.29, 0.717) is 42.2 Å². The minimum Gasteiger partial charge on any atom is -0.495 e. The minimum atomic E-state index is -1.05. The van der Waals surface area contributed by atoms with Gasteiger partial charge in [-0.25, -0.2) is 14.4 Å². The lowest BCUT2D eigenvalue weighted by atomic mass is 9.85. The Labute approximate surface area is 227 Å². The van der Waals surface area contributed by atoms with Gasteiger partial charge in [0.15, 0.2) is 0 Å². The number of methoxy groups -OCH3 is 1. The summed E-state index contributed by atoms with van der Waals surface area (Å²) in [6.07, 6.45) is 6.83. The number of aryl methyl sites for hydroxylation is 1. The number of aliphatic hydroxyl groups excluding tert-OH is 1. The van der Waals surface area contributed by atoms with Crippen molar-refractivity contribution in [3.05, 3.63) is 99.7 Å². The van der Waals surface area contributed by atoms with E-state index in [-0.39, 0.29) is 18.0 Å². The molecule has 0 amide bonds. The number of rotatable bonds is 6. The fourth-order valence-electron chi connectivity index (χ4n) is 4.98. The number of halogens is 2. The first-order valence-electron chi connectivity index (χ1n) is 12.0. The largest absolute Gasteiger partial charge is 0.495 e. The lowest BCUT2D eigenvalue weighted by molar-refractivity contribution is 0.155. The highest BCUT2D eigenvalue weighted by atomic mass is 127. The zero-order chi connectivity index (χ0) is 26.2. The van der Waals surface area contributed by atoms with E-state index in [4.69, 9.17) is 4.74 Å². The Morgan fingerprint density at radius 1 is 1.19 bits per heavy atom. The standard InChI is InChI=1S/C27H27FIN5O3/c1-18-15-32(17-31-18)23-9-4-19(13-24(23)37-2)12-20-14-30-26-33(29)11-3-10-27(16-35,34(26)25(20)36)21-5-7-22(28)8-6-21/h4-9,13-15,17,35H,3,10-12,16H2,1-2H3. The highest BCUT2D eigenvalue weighted by Gasteiger charge is 2.40. The number of hydrogen-bond donors (Lipinski definition) is 1. The molecule has 37 heavy (non-hydrogen) atoms. The molecule has 2 aromatic carbocycles. The quantitative estimate of drug-likeness (QED) is 0.259. The predicted molar refractivity (Wildman–Crippen MR) is 147 cm³/mol. The molecular formula is C27H27FIN5O3. The van der Waals surface area contributed by atoms with Crippen molar-refractivity contribution in [3.63, 3.8) is 0 Å². The first-order chi connectivity index (χ1) is 17.9. The number of ether oxygens (including phenoxy) is 1. The second-order valence-corrected chi connectivity index (χ2v) is 10.4. The zero-order valence-electron chi connectivity index (χ0n) is 20.6. The average molecular weight is 615 g/mol.